The second-order valence-electron chi connectivity index (χ2n) is 5.91. The van der Waals surface area contributed by atoms with Crippen molar-refractivity contribution in [1.29, 1.82) is 0 Å². The number of benzene rings is 1. The zero-order chi connectivity index (χ0) is 16.1. The maximum absolute atomic E-state index is 12.0. The van der Waals surface area contributed by atoms with E-state index in [0.29, 0.717) is 6.54 Å². The van der Waals surface area contributed by atoms with E-state index in [9.17, 15) is 4.79 Å². The van der Waals surface area contributed by atoms with Crippen LogP contribution in [-0.4, -0.2) is 50.1 Å². The molecule has 23 heavy (non-hydrogen) atoms. The number of hydrogen-bond acceptors (Lipinski definition) is 4. The Morgan fingerprint density at radius 2 is 1.91 bits per heavy atom. The summed E-state index contributed by atoms with van der Waals surface area (Å²) < 4.78 is 0. The zero-order valence-corrected chi connectivity index (χ0v) is 14.3. The minimum Gasteiger partial charge on any atom is -0.369 e. The predicted molar refractivity (Wildman–Crippen MR) is 96.5 cm³/mol. The average Bonchev–Trinajstić information content (AvgIpc) is 3.03. The minimum atomic E-state index is 0.0472. The fraction of sp³-hybridized carbons (Fsp3) is 0.389. The summed E-state index contributed by atoms with van der Waals surface area (Å²) in [7, 11) is 0. The van der Waals surface area contributed by atoms with E-state index >= 15 is 0 Å². The van der Waals surface area contributed by atoms with Crippen LogP contribution in [0.15, 0.2) is 41.8 Å². The molecule has 1 aliphatic heterocycles. The Kier molecular flexibility index (Phi) is 5.31. The van der Waals surface area contributed by atoms with Gasteiger partial charge in [0, 0.05) is 45.0 Å². The molecule has 122 valence electrons. The lowest BCUT2D eigenvalue weighted by molar-refractivity contribution is 0.0952. The summed E-state index contributed by atoms with van der Waals surface area (Å²) in [4.78, 5) is 17.6. The molecule has 1 N–H and O–H groups in total. The van der Waals surface area contributed by atoms with Gasteiger partial charge in [-0.2, -0.15) is 0 Å². The molecular weight excluding hydrogens is 306 g/mol. The molecule has 0 aliphatic carbocycles. The van der Waals surface area contributed by atoms with Crippen molar-refractivity contribution in [2.45, 2.75) is 6.92 Å². The molecule has 0 radical (unpaired) electrons. The Morgan fingerprint density at radius 1 is 1.17 bits per heavy atom. The van der Waals surface area contributed by atoms with Crippen molar-refractivity contribution >= 4 is 22.9 Å². The number of hydrogen-bond donors (Lipinski definition) is 1. The molecule has 2 heterocycles. The summed E-state index contributed by atoms with van der Waals surface area (Å²) in [5, 5.41) is 5.03. The topological polar surface area (TPSA) is 35.6 Å². The third-order valence-electron chi connectivity index (χ3n) is 4.16. The van der Waals surface area contributed by atoms with E-state index in [-0.39, 0.29) is 5.91 Å². The molecule has 0 spiro atoms. The number of nitrogens with one attached hydrogen (secondary N) is 1. The third-order valence-corrected chi connectivity index (χ3v) is 5.21. The number of piperazine rings is 1. The molecule has 3 rings (SSSR count). The highest BCUT2D eigenvalue weighted by Gasteiger charge is 2.17. The van der Waals surface area contributed by atoms with Gasteiger partial charge in [-0.3, -0.25) is 9.69 Å². The van der Waals surface area contributed by atoms with Crippen LogP contribution in [0.1, 0.15) is 15.2 Å². The second-order valence-corrected chi connectivity index (χ2v) is 6.82. The van der Waals surface area contributed by atoms with Crippen molar-refractivity contribution in [1.82, 2.24) is 10.2 Å². The minimum absolute atomic E-state index is 0.0472. The van der Waals surface area contributed by atoms with E-state index < -0.39 is 0 Å². The predicted octanol–water partition coefficient (Wildman–Crippen LogP) is 2.61. The van der Waals surface area contributed by atoms with Gasteiger partial charge in [-0.05, 0) is 36.1 Å². The van der Waals surface area contributed by atoms with Gasteiger partial charge in [-0.25, -0.2) is 0 Å². The van der Waals surface area contributed by atoms with Gasteiger partial charge < -0.3 is 10.2 Å². The first-order valence-corrected chi connectivity index (χ1v) is 8.96. The summed E-state index contributed by atoms with van der Waals surface area (Å²) in [5.41, 5.74) is 2.45. The third kappa shape index (κ3) is 4.33. The summed E-state index contributed by atoms with van der Waals surface area (Å²) in [6, 6.07) is 12.5. The Hall–Kier alpha value is -1.85. The van der Waals surface area contributed by atoms with Gasteiger partial charge in [0.1, 0.15) is 0 Å². The first kappa shape index (κ1) is 16.0. The smallest absolute Gasteiger partial charge is 0.261 e. The number of para-hydroxylation sites is 1. The maximum Gasteiger partial charge on any atom is 0.261 e. The van der Waals surface area contributed by atoms with E-state index in [2.05, 4.69) is 45.4 Å². The Labute approximate surface area is 141 Å². The molecule has 0 unspecified atom stereocenters. The molecule has 0 saturated carbocycles. The molecule has 1 saturated heterocycles. The first-order chi connectivity index (χ1) is 11.2. The number of aryl methyl sites for hydroxylation is 1. The molecule has 0 bridgehead atoms. The van der Waals surface area contributed by atoms with E-state index in [0.717, 1.165) is 43.2 Å². The van der Waals surface area contributed by atoms with Crippen molar-refractivity contribution < 1.29 is 4.79 Å². The van der Waals surface area contributed by atoms with Gasteiger partial charge >= 0.3 is 0 Å². The lowest BCUT2D eigenvalue weighted by Crippen LogP contribution is -2.48. The van der Waals surface area contributed by atoms with E-state index in [1.807, 2.05) is 18.4 Å². The van der Waals surface area contributed by atoms with Crippen molar-refractivity contribution in [3.8, 4) is 0 Å². The number of anilines is 1. The highest BCUT2D eigenvalue weighted by molar-refractivity contribution is 7.12. The molecule has 1 fully saturated rings. The van der Waals surface area contributed by atoms with Crippen LogP contribution < -0.4 is 10.2 Å². The lowest BCUT2D eigenvalue weighted by atomic mass is 10.2. The number of amides is 1. The van der Waals surface area contributed by atoms with Gasteiger partial charge in [0.05, 0.1) is 4.88 Å². The van der Waals surface area contributed by atoms with Crippen LogP contribution in [0.2, 0.25) is 0 Å². The van der Waals surface area contributed by atoms with Crippen molar-refractivity contribution in [3.63, 3.8) is 0 Å². The monoisotopic (exact) mass is 329 g/mol. The van der Waals surface area contributed by atoms with Crippen molar-refractivity contribution in [2.24, 2.45) is 0 Å². The van der Waals surface area contributed by atoms with Crippen LogP contribution in [0.5, 0.6) is 0 Å². The van der Waals surface area contributed by atoms with Crippen LogP contribution >= 0.6 is 11.3 Å². The van der Waals surface area contributed by atoms with Crippen molar-refractivity contribution in [3.05, 3.63) is 52.2 Å². The molecule has 1 amide bonds. The number of carbonyl (C=O) groups is 1. The summed E-state index contributed by atoms with van der Waals surface area (Å²) in [6.45, 7) is 7.81. The molecule has 2 aromatic rings. The Bertz CT molecular complexity index is 633. The first-order valence-electron chi connectivity index (χ1n) is 8.08. The quantitative estimate of drug-likeness (QED) is 0.916. The van der Waals surface area contributed by atoms with E-state index in [1.165, 1.54) is 17.0 Å². The summed E-state index contributed by atoms with van der Waals surface area (Å²) >= 11 is 1.51. The molecule has 1 aromatic carbocycles. The largest absolute Gasteiger partial charge is 0.369 e. The van der Waals surface area contributed by atoms with Gasteiger partial charge in [-0.15, -0.1) is 11.3 Å². The number of carbonyl (C=O) groups excluding carboxylic acids is 1. The highest BCUT2D eigenvalue weighted by atomic mass is 32.1. The normalized spacial score (nSPS) is 15.6. The second kappa shape index (κ2) is 7.62. The number of rotatable bonds is 5. The molecule has 1 aromatic heterocycles. The van der Waals surface area contributed by atoms with Crippen molar-refractivity contribution in [2.75, 3.05) is 44.2 Å². The fourth-order valence-electron chi connectivity index (χ4n) is 2.83. The van der Waals surface area contributed by atoms with Crippen LogP contribution in [0.4, 0.5) is 5.69 Å². The SMILES string of the molecule is Cc1csc(C(=O)NCCN2CCN(c3ccccc3)CC2)c1. The van der Waals surface area contributed by atoms with Gasteiger partial charge in [0.25, 0.3) is 5.91 Å². The molecule has 0 atom stereocenters. The Morgan fingerprint density at radius 3 is 2.57 bits per heavy atom. The van der Waals surface area contributed by atoms with Crippen LogP contribution in [0.25, 0.3) is 0 Å². The molecule has 5 heteroatoms. The average molecular weight is 329 g/mol. The Balaban J connectivity index is 1.39. The van der Waals surface area contributed by atoms with Crippen LogP contribution in [0.3, 0.4) is 0 Å². The van der Waals surface area contributed by atoms with E-state index in [1.54, 1.807) is 0 Å². The van der Waals surface area contributed by atoms with E-state index in [4.69, 9.17) is 0 Å². The summed E-state index contributed by atoms with van der Waals surface area (Å²) in [5.74, 6) is 0.0472. The number of nitrogens with zero attached hydrogens (tertiary/aromatic N) is 2. The van der Waals surface area contributed by atoms with Gasteiger partial charge in [0.15, 0.2) is 0 Å². The lowest BCUT2D eigenvalue weighted by Gasteiger charge is -2.36. The molecule has 4 nitrogen and oxygen atoms in total. The van der Waals surface area contributed by atoms with Gasteiger partial charge in [0.2, 0.25) is 0 Å². The fourth-order valence-corrected chi connectivity index (χ4v) is 3.65. The van der Waals surface area contributed by atoms with Crippen LogP contribution in [0, 0.1) is 6.92 Å². The van der Waals surface area contributed by atoms with Gasteiger partial charge in [-0.1, -0.05) is 18.2 Å². The summed E-state index contributed by atoms with van der Waals surface area (Å²) in [6.07, 6.45) is 0. The number of thiophene rings is 1. The highest BCUT2D eigenvalue weighted by Crippen LogP contribution is 2.15. The maximum atomic E-state index is 12.0. The molecular formula is C18H23N3OS. The van der Waals surface area contributed by atoms with Crippen LogP contribution in [-0.2, 0) is 0 Å². The molecule has 1 aliphatic rings. The standard InChI is InChI=1S/C18H23N3OS/c1-15-13-17(23-14-15)18(22)19-7-8-20-9-11-21(12-10-20)16-5-3-2-4-6-16/h2-6,13-14H,7-12H2,1H3,(H,19,22). The zero-order valence-electron chi connectivity index (χ0n) is 13.5.